The number of hydrogen-bond donors (Lipinski definition) is 0. The van der Waals surface area contributed by atoms with Crippen molar-refractivity contribution in [1.29, 1.82) is 0 Å². The number of carbonyl (C=O) groups is 1. The molecule has 0 saturated carbocycles. The first-order chi connectivity index (χ1) is 12.2. The highest BCUT2D eigenvalue weighted by molar-refractivity contribution is 6.13. The van der Waals surface area contributed by atoms with Crippen LogP contribution < -0.4 is 5.56 Å². The molecule has 1 aromatic carbocycles. The fraction of sp³-hybridized carbons (Fsp3) is 0.300. The number of aryl methyl sites for hydroxylation is 1. The Bertz CT molecular complexity index is 1040. The van der Waals surface area contributed by atoms with Crippen molar-refractivity contribution in [3.05, 3.63) is 64.0 Å². The average molecular weight is 333 g/mol. The number of ketones is 1. The molecule has 2 aromatic heterocycles. The topological polar surface area (TPSA) is 64.8 Å². The molecular formula is C20H19N3O2. The van der Waals surface area contributed by atoms with Crippen molar-refractivity contribution in [3.63, 3.8) is 0 Å². The Morgan fingerprint density at radius 1 is 1.08 bits per heavy atom. The number of unbranched alkanes of at least 4 members (excludes halogenated alkanes) is 3. The number of pyridine rings is 1. The van der Waals surface area contributed by atoms with Gasteiger partial charge in [0, 0.05) is 12.4 Å². The summed E-state index contributed by atoms with van der Waals surface area (Å²) in [6, 6.07) is 7.45. The van der Waals surface area contributed by atoms with Gasteiger partial charge in [-0.15, -0.1) is 0 Å². The van der Waals surface area contributed by atoms with Gasteiger partial charge in [0.1, 0.15) is 0 Å². The average Bonchev–Trinajstić information content (AvgIpc) is 2.91. The van der Waals surface area contributed by atoms with Crippen LogP contribution in [0.1, 0.15) is 54.4 Å². The number of carbonyl (C=O) groups excluding carboxylic acids is 1. The van der Waals surface area contributed by atoms with Crippen LogP contribution in [0, 0.1) is 0 Å². The van der Waals surface area contributed by atoms with E-state index in [0.29, 0.717) is 22.2 Å². The largest absolute Gasteiger partial charge is 0.285 e. The quantitative estimate of drug-likeness (QED) is 0.525. The van der Waals surface area contributed by atoms with Crippen molar-refractivity contribution in [3.8, 4) is 5.69 Å². The van der Waals surface area contributed by atoms with Crippen LogP contribution in [0.4, 0.5) is 0 Å². The van der Waals surface area contributed by atoms with Crippen LogP contribution in [-0.4, -0.2) is 20.3 Å². The van der Waals surface area contributed by atoms with Crippen LogP contribution in [0.3, 0.4) is 0 Å². The van der Waals surface area contributed by atoms with Crippen LogP contribution in [0.5, 0.6) is 0 Å². The highest BCUT2D eigenvalue weighted by atomic mass is 16.1. The first-order valence-corrected chi connectivity index (χ1v) is 8.75. The normalized spacial score (nSPS) is 12.4. The molecule has 0 spiro atoms. The lowest BCUT2D eigenvalue weighted by Crippen LogP contribution is -2.21. The van der Waals surface area contributed by atoms with Crippen LogP contribution in [0.25, 0.3) is 16.6 Å². The summed E-state index contributed by atoms with van der Waals surface area (Å²) in [5.74, 6) is 0.0167. The van der Waals surface area contributed by atoms with Gasteiger partial charge in [-0.3, -0.25) is 19.1 Å². The zero-order chi connectivity index (χ0) is 17.4. The number of fused-ring (bicyclic) bond motifs is 4. The third-order valence-electron chi connectivity index (χ3n) is 4.74. The Labute approximate surface area is 145 Å². The Kier molecular flexibility index (Phi) is 3.92. The first kappa shape index (κ1) is 15.7. The molecule has 0 bridgehead atoms. The van der Waals surface area contributed by atoms with Crippen molar-refractivity contribution < 1.29 is 4.79 Å². The predicted octanol–water partition coefficient (Wildman–Crippen LogP) is 3.45. The van der Waals surface area contributed by atoms with E-state index in [1.807, 2.05) is 18.2 Å². The zero-order valence-corrected chi connectivity index (χ0v) is 14.2. The molecule has 4 rings (SSSR count). The SMILES string of the molecule is CCCCCCc1ccc2c(c1)C(=O)c1nc3ccncc3c(=O)n1-2. The maximum Gasteiger partial charge on any atom is 0.267 e. The smallest absolute Gasteiger partial charge is 0.267 e. The van der Waals surface area contributed by atoms with Crippen LogP contribution in [0.2, 0.25) is 0 Å². The van der Waals surface area contributed by atoms with Gasteiger partial charge < -0.3 is 0 Å². The molecule has 1 aliphatic rings. The third-order valence-corrected chi connectivity index (χ3v) is 4.74. The van der Waals surface area contributed by atoms with E-state index in [0.717, 1.165) is 18.4 Å². The number of hydrogen-bond acceptors (Lipinski definition) is 4. The maximum atomic E-state index is 12.8. The molecule has 3 aromatic rings. The molecule has 0 amide bonds. The number of benzene rings is 1. The summed E-state index contributed by atoms with van der Waals surface area (Å²) in [7, 11) is 0. The molecular weight excluding hydrogens is 314 g/mol. The van der Waals surface area contributed by atoms with Gasteiger partial charge in [-0.05, 0) is 36.6 Å². The summed E-state index contributed by atoms with van der Waals surface area (Å²) < 4.78 is 1.42. The minimum Gasteiger partial charge on any atom is -0.285 e. The minimum atomic E-state index is -0.240. The first-order valence-electron chi connectivity index (χ1n) is 8.75. The summed E-state index contributed by atoms with van der Waals surface area (Å²) in [6.45, 7) is 2.19. The summed E-state index contributed by atoms with van der Waals surface area (Å²) in [4.78, 5) is 34.0. The van der Waals surface area contributed by atoms with Gasteiger partial charge >= 0.3 is 0 Å². The molecule has 0 saturated heterocycles. The van der Waals surface area contributed by atoms with Gasteiger partial charge in [0.2, 0.25) is 5.78 Å². The molecule has 126 valence electrons. The van der Waals surface area contributed by atoms with E-state index in [1.54, 1.807) is 12.3 Å². The molecule has 0 fully saturated rings. The van der Waals surface area contributed by atoms with E-state index in [4.69, 9.17) is 0 Å². The molecule has 0 aliphatic carbocycles. The van der Waals surface area contributed by atoms with Crippen molar-refractivity contribution in [2.75, 3.05) is 0 Å². The summed E-state index contributed by atoms with van der Waals surface area (Å²) in [6.07, 6.45) is 8.77. The molecule has 0 unspecified atom stereocenters. The van der Waals surface area contributed by atoms with E-state index in [9.17, 15) is 9.59 Å². The van der Waals surface area contributed by atoms with E-state index < -0.39 is 0 Å². The lowest BCUT2D eigenvalue weighted by Gasteiger charge is -2.06. The van der Waals surface area contributed by atoms with E-state index in [-0.39, 0.29) is 17.2 Å². The minimum absolute atomic E-state index is 0.179. The van der Waals surface area contributed by atoms with Crippen molar-refractivity contribution in [2.24, 2.45) is 0 Å². The summed E-state index contributed by atoms with van der Waals surface area (Å²) in [5, 5.41) is 0.426. The lowest BCUT2D eigenvalue weighted by molar-refractivity contribution is 0.103. The molecule has 5 heteroatoms. The summed E-state index contributed by atoms with van der Waals surface area (Å²) in [5.41, 5.74) is 2.60. The second-order valence-electron chi connectivity index (χ2n) is 6.46. The van der Waals surface area contributed by atoms with Gasteiger partial charge in [0.25, 0.3) is 5.56 Å². The third kappa shape index (κ3) is 2.56. The monoisotopic (exact) mass is 333 g/mol. The molecule has 0 atom stereocenters. The van der Waals surface area contributed by atoms with Crippen molar-refractivity contribution in [2.45, 2.75) is 39.0 Å². The Morgan fingerprint density at radius 2 is 1.96 bits per heavy atom. The number of nitrogens with zero attached hydrogens (tertiary/aromatic N) is 3. The van der Waals surface area contributed by atoms with E-state index in [2.05, 4.69) is 16.9 Å². The Balaban J connectivity index is 1.76. The molecule has 3 heterocycles. The number of aromatic nitrogens is 3. The highest BCUT2D eigenvalue weighted by Crippen LogP contribution is 2.27. The highest BCUT2D eigenvalue weighted by Gasteiger charge is 2.30. The fourth-order valence-corrected chi connectivity index (χ4v) is 3.40. The van der Waals surface area contributed by atoms with Gasteiger partial charge in [-0.2, -0.15) is 0 Å². The standard InChI is InChI=1S/C20H19N3O2/c1-2-3-4-5-6-13-7-8-17-14(11-13)18(24)19-22-16-9-10-21-12-15(16)20(25)23(17)19/h7-12H,2-6H2,1H3. The fourth-order valence-electron chi connectivity index (χ4n) is 3.40. The van der Waals surface area contributed by atoms with Gasteiger partial charge in [-0.1, -0.05) is 32.3 Å². The molecule has 0 N–H and O–H groups in total. The molecule has 0 radical (unpaired) electrons. The van der Waals surface area contributed by atoms with Crippen LogP contribution in [0.15, 0.2) is 41.5 Å². The Morgan fingerprint density at radius 3 is 2.80 bits per heavy atom. The van der Waals surface area contributed by atoms with E-state index >= 15 is 0 Å². The molecule has 25 heavy (non-hydrogen) atoms. The van der Waals surface area contributed by atoms with Gasteiger partial charge in [0.05, 0.1) is 22.2 Å². The summed E-state index contributed by atoms with van der Waals surface area (Å²) >= 11 is 0. The predicted molar refractivity (Wildman–Crippen MR) is 96.4 cm³/mol. The second-order valence-corrected chi connectivity index (χ2v) is 6.46. The van der Waals surface area contributed by atoms with Crippen molar-refractivity contribution in [1.82, 2.24) is 14.5 Å². The van der Waals surface area contributed by atoms with Crippen LogP contribution >= 0.6 is 0 Å². The molecule has 5 nitrogen and oxygen atoms in total. The van der Waals surface area contributed by atoms with Gasteiger partial charge in [0.15, 0.2) is 5.82 Å². The number of rotatable bonds is 5. The van der Waals surface area contributed by atoms with Crippen molar-refractivity contribution >= 4 is 16.7 Å². The Hall–Kier alpha value is -2.82. The lowest BCUT2D eigenvalue weighted by atomic mass is 10.0. The zero-order valence-electron chi connectivity index (χ0n) is 14.2. The van der Waals surface area contributed by atoms with E-state index in [1.165, 1.54) is 30.0 Å². The van der Waals surface area contributed by atoms with Crippen LogP contribution in [-0.2, 0) is 6.42 Å². The second kappa shape index (κ2) is 6.24. The molecule has 1 aliphatic heterocycles. The maximum absolute atomic E-state index is 12.8. The van der Waals surface area contributed by atoms with Gasteiger partial charge in [-0.25, -0.2) is 4.98 Å².